The molecular weight excluding hydrogens is 653 g/mol. The molecule has 0 unspecified atom stereocenters. The van der Waals surface area contributed by atoms with E-state index < -0.39 is 0 Å². The summed E-state index contributed by atoms with van der Waals surface area (Å²) in [6, 6.07) is 63.9. The molecule has 0 aliphatic heterocycles. The highest BCUT2D eigenvalue weighted by molar-refractivity contribution is 7.22. The van der Waals surface area contributed by atoms with Gasteiger partial charge in [-0.25, -0.2) is 15.0 Å². The summed E-state index contributed by atoms with van der Waals surface area (Å²) in [7, 11) is 0. The fourth-order valence-corrected chi connectivity index (χ4v) is 8.24. The molecule has 0 aliphatic rings. The standard InChI is InChI=1S/C47H30N4S/c1-2-12-31(13-3-1)37-15-5-6-18-40(37)47-49-45(33-24-22-32(23-25-33)44-30-35-14-4-11-21-43(35)52-44)48-46(50-47)34-26-28-36(29-27-34)51-41-19-9-7-16-38(41)39-17-8-10-20-42(39)51/h1-30H. The molecule has 52 heavy (non-hydrogen) atoms. The van der Waals surface area contributed by atoms with Crippen molar-refractivity contribution in [2.24, 2.45) is 0 Å². The van der Waals surface area contributed by atoms with E-state index in [1.807, 2.05) is 23.5 Å². The van der Waals surface area contributed by atoms with Gasteiger partial charge in [0, 0.05) is 42.7 Å². The second kappa shape index (κ2) is 12.6. The number of hydrogen-bond acceptors (Lipinski definition) is 4. The van der Waals surface area contributed by atoms with Gasteiger partial charge in [-0.15, -0.1) is 11.3 Å². The minimum atomic E-state index is 0.630. The summed E-state index contributed by atoms with van der Waals surface area (Å²) in [4.78, 5) is 16.6. The van der Waals surface area contributed by atoms with Crippen LogP contribution in [0.4, 0.5) is 0 Å². The molecule has 0 bridgehead atoms. The fraction of sp³-hybridized carbons (Fsp3) is 0. The Morgan fingerprint density at radius 3 is 1.58 bits per heavy atom. The fourth-order valence-electron chi connectivity index (χ4n) is 7.17. The Hall–Kier alpha value is -6.69. The molecule has 0 atom stereocenters. The lowest BCUT2D eigenvalue weighted by molar-refractivity contribution is 1.07. The van der Waals surface area contributed by atoms with Gasteiger partial charge < -0.3 is 4.57 Å². The molecule has 0 saturated heterocycles. The first-order chi connectivity index (χ1) is 25.8. The van der Waals surface area contributed by atoms with E-state index in [1.54, 1.807) is 0 Å². The van der Waals surface area contributed by atoms with Gasteiger partial charge in [-0.05, 0) is 70.6 Å². The molecule has 0 radical (unpaired) electrons. The molecular formula is C47H30N4S. The summed E-state index contributed by atoms with van der Waals surface area (Å²) in [5, 5.41) is 3.74. The lowest BCUT2D eigenvalue weighted by Gasteiger charge is -2.13. The van der Waals surface area contributed by atoms with Crippen LogP contribution in [0.15, 0.2) is 182 Å². The average molecular weight is 683 g/mol. The van der Waals surface area contributed by atoms with Crippen molar-refractivity contribution in [3.8, 4) is 61.4 Å². The van der Waals surface area contributed by atoms with E-state index in [0.717, 1.165) is 33.5 Å². The molecule has 7 aromatic carbocycles. The van der Waals surface area contributed by atoms with Crippen molar-refractivity contribution < 1.29 is 0 Å². The number of aromatic nitrogens is 4. The topological polar surface area (TPSA) is 43.6 Å². The highest BCUT2D eigenvalue weighted by Crippen LogP contribution is 2.37. The molecule has 244 valence electrons. The van der Waals surface area contributed by atoms with Crippen LogP contribution in [0.2, 0.25) is 0 Å². The molecule has 3 heterocycles. The minimum Gasteiger partial charge on any atom is -0.309 e. The lowest BCUT2D eigenvalue weighted by atomic mass is 9.99. The van der Waals surface area contributed by atoms with Crippen molar-refractivity contribution in [1.29, 1.82) is 0 Å². The SMILES string of the molecule is c1ccc(-c2ccccc2-c2nc(-c3ccc(-c4cc5ccccc5s4)cc3)nc(-c3ccc(-n4c5ccccc5c5ccccc54)cc3)n2)cc1. The van der Waals surface area contributed by atoms with Crippen molar-refractivity contribution in [2.45, 2.75) is 0 Å². The molecule has 10 aromatic rings. The normalized spacial score (nSPS) is 11.5. The second-order valence-corrected chi connectivity index (χ2v) is 13.9. The zero-order valence-corrected chi connectivity index (χ0v) is 28.8. The van der Waals surface area contributed by atoms with Crippen LogP contribution in [-0.2, 0) is 0 Å². The number of hydrogen-bond donors (Lipinski definition) is 0. The first kappa shape index (κ1) is 30.2. The summed E-state index contributed by atoms with van der Waals surface area (Å²) < 4.78 is 3.61. The smallest absolute Gasteiger partial charge is 0.164 e. The van der Waals surface area contributed by atoms with E-state index in [9.17, 15) is 0 Å². The van der Waals surface area contributed by atoms with E-state index >= 15 is 0 Å². The molecule has 0 spiro atoms. The number of para-hydroxylation sites is 2. The summed E-state index contributed by atoms with van der Waals surface area (Å²) in [6.45, 7) is 0. The molecule has 10 rings (SSSR count). The Morgan fingerprint density at radius 1 is 0.385 bits per heavy atom. The molecule has 0 fully saturated rings. The van der Waals surface area contributed by atoms with Crippen LogP contribution in [0.1, 0.15) is 0 Å². The van der Waals surface area contributed by atoms with Crippen molar-refractivity contribution in [3.05, 3.63) is 182 Å². The van der Waals surface area contributed by atoms with Crippen LogP contribution in [0.25, 0.3) is 93.3 Å². The van der Waals surface area contributed by atoms with Gasteiger partial charge in [0.05, 0.1) is 11.0 Å². The number of fused-ring (bicyclic) bond motifs is 4. The maximum atomic E-state index is 5.14. The van der Waals surface area contributed by atoms with Gasteiger partial charge in [-0.3, -0.25) is 0 Å². The molecule has 3 aromatic heterocycles. The number of nitrogens with zero attached hydrogens (tertiary/aromatic N) is 4. The molecule has 5 heteroatoms. The van der Waals surface area contributed by atoms with Gasteiger partial charge in [0.25, 0.3) is 0 Å². The summed E-state index contributed by atoms with van der Waals surface area (Å²) in [6.07, 6.45) is 0. The maximum Gasteiger partial charge on any atom is 0.164 e. The Kier molecular flexibility index (Phi) is 7.29. The predicted octanol–water partition coefficient (Wildman–Crippen LogP) is 12.5. The summed E-state index contributed by atoms with van der Waals surface area (Å²) >= 11 is 1.81. The maximum absolute atomic E-state index is 5.14. The van der Waals surface area contributed by atoms with E-state index in [-0.39, 0.29) is 0 Å². The van der Waals surface area contributed by atoms with Gasteiger partial charge >= 0.3 is 0 Å². The average Bonchev–Trinajstić information content (AvgIpc) is 3.81. The third-order valence-electron chi connectivity index (χ3n) is 9.71. The first-order valence-corrected chi connectivity index (χ1v) is 18.2. The lowest BCUT2D eigenvalue weighted by Crippen LogP contribution is -2.01. The van der Waals surface area contributed by atoms with Crippen molar-refractivity contribution >= 4 is 43.2 Å². The number of rotatable bonds is 6. The van der Waals surface area contributed by atoms with Crippen molar-refractivity contribution in [2.75, 3.05) is 0 Å². The first-order valence-electron chi connectivity index (χ1n) is 17.4. The molecule has 0 aliphatic carbocycles. The predicted molar refractivity (Wildman–Crippen MR) is 217 cm³/mol. The van der Waals surface area contributed by atoms with Crippen molar-refractivity contribution in [3.63, 3.8) is 0 Å². The van der Waals surface area contributed by atoms with Crippen LogP contribution >= 0.6 is 11.3 Å². The van der Waals surface area contributed by atoms with Crippen molar-refractivity contribution in [1.82, 2.24) is 19.5 Å². The van der Waals surface area contributed by atoms with E-state index in [0.29, 0.717) is 17.5 Å². The van der Waals surface area contributed by atoms with Gasteiger partial charge in [0.1, 0.15) is 0 Å². The largest absolute Gasteiger partial charge is 0.309 e. The third-order valence-corrected chi connectivity index (χ3v) is 10.9. The summed E-state index contributed by atoms with van der Waals surface area (Å²) in [5.41, 5.74) is 9.63. The quantitative estimate of drug-likeness (QED) is 0.175. The Labute approximate surface area is 305 Å². The highest BCUT2D eigenvalue weighted by Gasteiger charge is 2.17. The van der Waals surface area contributed by atoms with E-state index in [4.69, 9.17) is 15.0 Å². The van der Waals surface area contributed by atoms with Gasteiger partial charge in [-0.1, -0.05) is 133 Å². The van der Waals surface area contributed by atoms with Gasteiger partial charge in [-0.2, -0.15) is 0 Å². The van der Waals surface area contributed by atoms with Crippen LogP contribution in [-0.4, -0.2) is 19.5 Å². The number of thiophene rings is 1. The zero-order chi connectivity index (χ0) is 34.4. The zero-order valence-electron chi connectivity index (χ0n) is 28.0. The monoisotopic (exact) mass is 682 g/mol. The van der Waals surface area contributed by atoms with Gasteiger partial charge in [0.15, 0.2) is 17.5 Å². The number of benzene rings is 7. The molecule has 0 saturated carbocycles. The Bertz CT molecular complexity index is 2800. The van der Waals surface area contributed by atoms with Crippen LogP contribution < -0.4 is 0 Å². The Morgan fingerprint density at radius 2 is 0.904 bits per heavy atom. The third kappa shape index (κ3) is 5.27. The second-order valence-electron chi connectivity index (χ2n) is 12.9. The highest BCUT2D eigenvalue weighted by atomic mass is 32.1. The van der Waals surface area contributed by atoms with Crippen LogP contribution in [0.5, 0.6) is 0 Å². The van der Waals surface area contributed by atoms with Crippen LogP contribution in [0, 0.1) is 0 Å². The summed E-state index contributed by atoms with van der Waals surface area (Å²) in [5.74, 6) is 1.90. The minimum absolute atomic E-state index is 0.630. The molecule has 0 N–H and O–H groups in total. The van der Waals surface area contributed by atoms with Crippen LogP contribution in [0.3, 0.4) is 0 Å². The van der Waals surface area contributed by atoms with E-state index in [2.05, 4.69) is 174 Å². The van der Waals surface area contributed by atoms with E-state index in [1.165, 1.54) is 42.3 Å². The van der Waals surface area contributed by atoms with Gasteiger partial charge in [0.2, 0.25) is 0 Å². The Balaban J connectivity index is 1.10. The molecule has 0 amide bonds. The molecule has 4 nitrogen and oxygen atoms in total.